The van der Waals surface area contributed by atoms with Crippen molar-refractivity contribution in [1.82, 2.24) is 4.98 Å². The Balaban J connectivity index is 1.85. The van der Waals surface area contributed by atoms with Gasteiger partial charge in [-0.05, 0) is 47.7 Å². The van der Waals surface area contributed by atoms with Crippen molar-refractivity contribution in [3.63, 3.8) is 0 Å². The van der Waals surface area contributed by atoms with Gasteiger partial charge in [0.1, 0.15) is 11.5 Å². The van der Waals surface area contributed by atoms with Gasteiger partial charge in [0.15, 0.2) is 5.13 Å². The molecule has 0 aliphatic carbocycles. The molecule has 1 N–H and O–H groups in total. The summed E-state index contributed by atoms with van der Waals surface area (Å²) >= 11 is 1.27. The standard InChI is InChI=1S/C26H26N2O4S/c1-5-32-19-12-8-17(9-13-19)22(29)20-21(16-6-10-18(11-7-16)26(2,3)4)28(24(31)23(20)30)25-27-14-15-33-25/h6-15,21,29H,5H2,1-4H3/t21-/m0/s1. The van der Waals surface area contributed by atoms with E-state index in [-0.39, 0.29) is 16.7 Å². The lowest BCUT2D eigenvalue weighted by Gasteiger charge is -2.24. The van der Waals surface area contributed by atoms with Crippen LogP contribution in [-0.4, -0.2) is 28.4 Å². The monoisotopic (exact) mass is 462 g/mol. The highest BCUT2D eigenvalue weighted by Gasteiger charge is 2.48. The third-order valence-corrected chi connectivity index (χ3v) is 6.37. The van der Waals surface area contributed by atoms with E-state index in [1.807, 2.05) is 31.2 Å². The van der Waals surface area contributed by atoms with Crippen LogP contribution in [-0.2, 0) is 15.0 Å². The Morgan fingerprint density at radius 2 is 1.76 bits per heavy atom. The van der Waals surface area contributed by atoms with Crippen LogP contribution >= 0.6 is 11.3 Å². The zero-order valence-electron chi connectivity index (χ0n) is 19.0. The number of anilines is 1. The van der Waals surface area contributed by atoms with Gasteiger partial charge in [-0.2, -0.15) is 0 Å². The molecule has 0 radical (unpaired) electrons. The Kier molecular flexibility index (Phi) is 6.08. The van der Waals surface area contributed by atoms with E-state index in [1.54, 1.807) is 35.8 Å². The highest BCUT2D eigenvalue weighted by atomic mass is 32.1. The zero-order valence-corrected chi connectivity index (χ0v) is 19.8. The molecule has 3 aromatic rings. The van der Waals surface area contributed by atoms with E-state index < -0.39 is 17.7 Å². The SMILES string of the molecule is CCOc1ccc(C(O)=C2C(=O)C(=O)N(c3nccs3)[C@H]2c2ccc(C(C)(C)C)cc2)cc1. The molecule has 1 aliphatic rings. The van der Waals surface area contributed by atoms with Crippen LogP contribution in [0.2, 0.25) is 0 Å². The first-order valence-electron chi connectivity index (χ1n) is 10.8. The summed E-state index contributed by atoms with van der Waals surface area (Å²) in [7, 11) is 0. The predicted octanol–water partition coefficient (Wildman–Crippen LogP) is 5.47. The Labute approximate surface area is 197 Å². The lowest BCUT2D eigenvalue weighted by atomic mass is 9.85. The number of aliphatic hydroxyl groups is 1. The molecule has 1 amide bonds. The molecule has 1 fully saturated rings. The minimum Gasteiger partial charge on any atom is -0.507 e. The molecule has 170 valence electrons. The molecule has 4 rings (SSSR count). The van der Waals surface area contributed by atoms with Crippen LogP contribution in [0.4, 0.5) is 5.13 Å². The third-order valence-electron chi connectivity index (χ3n) is 5.60. The van der Waals surface area contributed by atoms with Crippen molar-refractivity contribution in [3.05, 3.63) is 82.4 Å². The quantitative estimate of drug-likeness (QED) is 0.309. The van der Waals surface area contributed by atoms with Crippen LogP contribution in [0, 0.1) is 0 Å². The van der Waals surface area contributed by atoms with Crippen molar-refractivity contribution in [3.8, 4) is 5.75 Å². The molecular weight excluding hydrogens is 436 g/mol. The second-order valence-electron chi connectivity index (χ2n) is 8.81. The highest BCUT2D eigenvalue weighted by Crippen LogP contribution is 2.43. The molecule has 1 aromatic heterocycles. The van der Waals surface area contributed by atoms with E-state index in [1.165, 1.54) is 16.2 Å². The summed E-state index contributed by atoms with van der Waals surface area (Å²) in [6.45, 7) is 8.77. The molecule has 1 saturated heterocycles. The number of aromatic nitrogens is 1. The largest absolute Gasteiger partial charge is 0.507 e. The molecule has 0 bridgehead atoms. The van der Waals surface area contributed by atoms with E-state index in [0.717, 1.165) is 11.1 Å². The lowest BCUT2D eigenvalue weighted by molar-refractivity contribution is -0.132. The number of aliphatic hydroxyl groups excluding tert-OH is 1. The number of carbonyl (C=O) groups excluding carboxylic acids is 2. The van der Waals surface area contributed by atoms with E-state index in [4.69, 9.17) is 4.74 Å². The van der Waals surface area contributed by atoms with Gasteiger partial charge in [0, 0.05) is 17.1 Å². The number of carbonyl (C=O) groups is 2. The van der Waals surface area contributed by atoms with Crippen LogP contribution in [0.25, 0.3) is 5.76 Å². The molecule has 0 spiro atoms. The third kappa shape index (κ3) is 4.28. The van der Waals surface area contributed by atoms with Gasteiger partial charge < -0.3 is 9.84 Å². The van der Waals surface area contributed by atoms with Crippen LogP contribution in [0.3, 0.4) is 0 Å². The second kappa shape index (κ2) is 8.83. The molecule has 6 nitrogen and oxygen atoms in total. The van der Waals surface area contributed by atoms with Crippen molar-refractivity contribution in [1.29, 1.82) is 0 Å². The predicted molar refractivity (Wildman–Crippen MR) is 130 cm³/mol. The second-order valence-corrected chi connectivity index (χ2v) is 9.69. The number of hydrogen-bond acceptors (Lipinski definition) is 6. The average Bonchev–Trinajstić information content (AvgIpc) is 3.40. The van der Waals surface area contributed by atoms with Crippen LogP contribution < -0.4 is 9.64 Å². The Bertz CT molecular complexity index is 1190. The molecule has 0 unspecified atom stereocenters. The number of hydrogen-bond donors (Lipinski definition) is 1. The summed E-state index contributed by atoms with van der Waals surface area (Å²) in [4.78, 5) is 31.9. The van der Waals surface area contributed by atoms with Gasteiger partial charge >= 0.3 is 5.91 Å². The summed E-state index contributed by atoms with van der Waals surface area (Å²) < 4.78 is 5.47. The number of Topliss-reactive ketones (excluding diaryl/α,β-unsaturated/α-hetero) is 1. The minimum absolute atomic E-state index is 0.0437. The van der Waals surface area contributed by atoms with Gasteiger partial charge in [0.25, 0.3) is 5.78 Å². The first kappa shape index (κ1) is 22.7. The van der Waals surface area contributed by atoms with Crippen molar-refractivity contribution >= 4 is 33.9 Å². The number of amides is 1. The normalized spacial score (nSPS) is 18.1. The molecular formula is C26H26N2O4S. The zero-order chi connectivity index (χ0) is 23.8. The maximum atomic E-state index is 13.1. The molecule has 7 heteroatoms. The first-order chi connectivity index (χ1) is 15.7. The molecule has 2 heterocycles. The van der Waals surface area contributed by atoms with Gasteiger partial charge in [-0.3, -0.25) is 14.5 Å². The Morgan fingerprint density at radius 3 is 2.30 bits per heavy atom. The van der Waals surface area contributed by atoms with Gasteiger partial charge in [-0.15, -0.1) is 11.3 Å². The Hall–Kier alpha value is -3.45. The van der Waals surface area contributed by atoms with E-state index in [0.29, 0.717) is 23.1 Å². The average molecular weight is 463 g/mol. The number of benzene rings is 2. The fourth-order valence-corrected chi connectivity index (χ4v) is 4.54. The highest BCUT2D eigenvalue weighted by molar-refractivity contribution is 7.14. The number of nitrogens with zero attached hydrogens (tertiary/aromatic N) is 2. The maximum Gasteiger partial charge on any atom is 0.301 e. The summed E-state index contributed by atoms with van der Waals surface area (Å²) in [6, 6.07) is 13.8. The molecule has 0 saturated carbocycles. The van der Waals surface area contributed by atoms with Crippen LogP contribution in [0.1, 0.15) is 50.4 Å². The maximum absolute atomic E-state index is 13.1. The lowest BCUT2D eigenvalue weighted by Crippen LogP contribution is -2.29. The molecule has 1 aliphatic heterocycles. The van der Waals surface area contributed by atoms with E-state index in [2.05, 4.69) is 25.8 Å². The minimum atomic E-state index is -0.781. The molecule has 1 atom stereocenters. The summed E-state index contributed by atoms with van der Waals surface area (Å²) in [6.07, 6.45) is 1.59. The topological polar surface area (TPSA) is 79.7 Å². The Morgan fingerprint density at radius 1 is 1.09 bits per heavy atom. The van der Waals surface area contributed by atoms with Gasteiger partial charge in [0.2, 0.25) is 0 Å². The van der Waals surface area contributed by atoms with E-state index in [9.17, 15) is 14.7 Å². The van der Waals surface area contributed by atoms with Crippen LogP contribution in [0.15, 0.2) is 65.7 Å². The fraction of sp³-hybridized carbons (Fsp3) is 0.269. The van der Waals surface area contributed by atoms with Crippen molar-refractivity contribution < 1.29 is 19.4 Å². The van der Waals surface area contributed by atoms with Gasteiger partial charge in [-0.25, -0.2) is 4.98 Å². The molecule has 2 aromatic carbocycles. The summed E-state index contributed by atoms with van der Waals surface area (Å²) in [5.74, 6) is -1.00. The van der Waals surface area contributed by atoms with Gasteiger partial charge in [0.05, 0.1) is 18.2 Å². The van der Waals surface area contributed by atoms with E-state index >= 15 is 0 Å². The van der Waals surface area contributed by atoms with Crippen molar-refractivity contribution in [2.24, 2.45) is 0 Å². The summed E-state index contributed by atoms with van der Waals surface area (Å²) in [5, 5.41) is 13.3. The van der Waals surface area contributed by atoms with Crippen molar-refractivity contribution in [2.45, 2.75) is 39.2 Å². The summed E-state index contributed by atoms with van der Waals surface area (Å²) in [5.41, 5.74) is 2.29. The van der Waals surface area contributed by atoms with Crippen LogP contribution in [0.5, 0.6) is 5.75 Å². The molecule has 33 heavy (non-hydrogen) atoms. The number of rotatable bonds is 5. The fourth-order valence-electron chi connectivity index (χ4n) is 3.88. The van der Waals surface area contributed by atoms with Crippen molar-refractivity contribution in [2.75, 3.05) is 11.5 Å². The van der Waals surface area contributed by atoms with Gasteiger partial charge in [-0.1, -0.05) is 45.0 Å². The number of thiazole rings is 1. The first-order valence-corrected chi connectivity index (χ1v) is 11.6. The number of ketones is 1. The number of ether oxygens (including phenoxy) is 1. The smallest absolute Gasteiger partial charge is 0.301 e.